The molecule has 0 spiro atoms. The third kappa shape index (κ3) is 5.23. The molecular formula is C23H25N3O4S3. The summed E-state index contributed by atoms with van der Waals surface area (Å²) >= 11 is 4.12. The smallest absolute Gasteiger partial charge is 0.341 e. The van der Waals surface area contributed by atoms with Crippen molar-refractivity contribution in [3.05, 3.63) is 45.1 Å². The molecule has 10 heteroatoms. The maximum atomic E-state index is 12.5. The van der Waals surface area contributed by atoms with Crippen LogP contribution in [0.1, 0.15) is 34.1 Å². The second-order valence-electron chi connectivity index (χ2n) is 8.01. The SMILES string of the molecule is COC(=O)c1c(NC(=O)CSCC(=O)N=c2sc3ccccc3n2C)sc2c1CCC(C)C2. The number of rotatable bonds is 6. The molecule has 33 heavy (non-hydrogen) atoms. The first-order valence-corrected chi connectivity index (χ1v) is 13.4. The Morgan fingerprint density at radius 3 is 2.79 bits per heavy atom. The van der Waals surface area contributed by atoms with Crippen molar-refractivity contribution in [3.63, 3.8) is 0 Å². The number of para-hydroxylation sites is 1. The lowest BCUT2D eigenvalue weighted by atomic mass is 9.88. The van der Waals surface area contributed by atoms with Crippen LogP contribution in [0, 0.1) is 5.92 Å². The van der Waals surface area contributed by atoms with Crippen LogP contribution in [0.25, 0.3) is 10.2 Å². The van der Waals surface area contributed by atoms with E-state index in [1.807, 2.05) is 35.9 Å². The van der Waals surface area contributed by atoms with Crippen molar-refractivity contribution in [1.82, 2.24) is 4.57 Å². The number of thiophene rings is 1. The number of anilines is 1. The van der Waals surface area contributed by atoms with Gasteiger partial charge in [-0.1, -0.05) is 30.4 Å². The highest BCUT2D eigenvalue weighted by molar-refractivity contribution is 8.00. The predicted molar refractivity (Wildman–Crippen MR) is 134 cm³/mol. The summed E-state index contributed by atoms with van der Waals surface area (Å²) in [4.78, 5) is 43.2. The summed E-state index contributed by atoms with van der Waals surface area (Å²) in [6.45, 7) is 2.19. The summed E-state index contributed by atoms with van der Waals surface area (Å²) in [6, 6.07) is 7.88. The fourth-order valence-electron chi connectivity index (χ4n) is 3.88. The first-order valence-electron chi connectivity index (χ1n) is 10.6. The minimum atomic E-state index is -0.421. The summed E-state index contributed by atoms with van der Waals surface area (Å²) in [5.74, 6) is -0.208. The van der Waals surface area contributed by atoms with Crippen molar-refractivity contribution < 1.29 is 19.1 Å². The van der Waals surface area contributed by atoms with E-state index in [2.05, 4.69) is 17.2 Å². The molecule has 174 valence electrons. The lowest BCUT2D eigenvalue weighted by Crippen LogP contribution is -2.18. The number of hydrogen-bond acceptors (Lipinski definition) is 7. The number of aryl methyl sites for hydroxylation is 1. The number of nitrogens with zero attached hydrogens (tertiary/aromatic N) is 2. The summed E-state index contributed by atoms with van der Waals surface area (Å²) in [5.41, 5.74) is 2.50. The van der Waals surface area contributed by atoms with Crippen LogP contribution in [0.15, 0.2) is 29.3 Å². The molecular weight excluding hydrogens is 478 g/mol. The van der Waals surface area contributed by atoms with Gasteiger partial charge in [0.15, 0.2) is 4.80 Å². The number of amides is 2. The van der Waals surface area contributed by atoms with Gasteiger partial charge in [-0.15, -0.1) is 23.1 Å². The summed E-state index contributed by atoms with van der Waals surface area (Å²) in [7, 11) is 3.23. The number of hydrogen-bond donors (Lipinski definition) is 1. The number of carbonyl (C=O) groups is 3. The first-order chi connectivity index (χ1) is 15.9. The van der Waals surface area contributed by atoms with Crippen LogP contribution in [-0.4, -0.2) is 41.0 Å². The fourth-order valence-corrected chi connectivity index (χ4v) is 6.93. The molecule has 0 bridgehead atoms. The van der Waals surface area contributed by atoms with Gasteiger partial charge >= 0.3 is 5.97 Å². The van der Waals surface area contributed by atoms with Gasteiger partial charge in [-0.2, -0.15) is 4.99 Å². The first kappa shape index (κ1) is 23.7. The van der Waals surface area contributed by atoms with Gasteiger partial charge in [-0.05, 0) is 42.9 Å². The molecule has 1 N–H and O–H groups in total. The van der Waals surface area contributed by atoms with Crippen LogP contribution >= 0.6 is 34.4 Å². The molecule has 2 heterocycles. The lowest BCUT2D eigenvalue weighted by Gasteiger charge is -2.18. The van der Waals surface area contributed by atoms with Crippen LogP contribution in [0.3, 0.4) is 0 Å². The molecule has 1 unspecified atom stereocenters. The van der Waals surface area contributed by atoms with E-state index in [1.54, 1.807) is 0 Å². The molecule has 1 atom stereocenters. The van der Waals surface area contributed by atoms with Gasteiger partial charge in [0, 0.05) is 11.9 Å². The summed E-state index contributed by atoms with van der Waals surface area (Å²) in [5, 5.41) is 3.40. The summed E-state index contributed by atoms with van der Waals surface area (Å²) < 4.78 is 7.92. The average Bonchev–Trinajstić information content (AvgIpc) is 3.29. The Bertz CT molecular complexity index is 1290. The third-order valence-corrected chi connectivity index (χ3v) is 8.75. The minimum absolute atomic E-state index is 0.0966. The number of nitrogens with one attached hydrogen (secondary N) is 1. The molecule has 0 aliphatic heterocycles. The van der Waals surface area contributed by atoms with Crippen molar-refractivity contribution in [3.8, 4) is 0 Å². The van der Waals surface area contributed by atoms with Gasteiger partial charge in [0.05, 0.1) is 34.4 Å². The second-order valence-corrected chi connectivity index (χ2v) is 11.1. The minimum Gasteiger partial charge on any atom is -0.465 e. The Labute approximate surface area is 203 Å². The Hall–Kier alpha value is -2.43. The zero-order valence-electron chi connectivity index (χ0n) is 18.7. The number of fused-ring (bicyclic) bond motifs is 2. The van der Waals surface area contributed by atoms with Crippen molar-refractivity contribution in [2.75, 3.05) is 23.9 Å². The molecule has 0 saturated heterocycles. The van der Waals surface area contributed by atoms with E-state index >= 15 is 0 Å². The van der Waals surface area contributed by atoms with Crippen LogP contribution in [0.2, 0.25) is 0 Å². The Balaban J connectivity index is 1.38. The van der Waals surface area contributed by atoms with Crippen molar-refractivity contribution in [2.24, 2.45) is 18.0 Å². The van der Waals surface area contributed by atoms with Crippen molar-refractivity contribution >= 4 is 67.4 Å². The van der Waals surface area contributed by atoms with E-state index in [-0.39, 0.29) is 23.3 Å². The molecule has 7 nitrogen and oxygen atoms in total. The van der Waals surface area contributed by atoms with E-state index in [0.29, 0.717) is 21.3 Å². The lowest BCUT2D eigenvalue weighted by molar-refractivity contribution is -0.115. The molecule has 0 radical (unpaired) electrons. The molecule has 1 aliphatic carbocycles. The molecule has 1 aliphatic rings. The van der Waals surface area contributed by atoms with Crippen LogP contribution in [0.5, 0.6) is 0 Å². The van der Waals surface area contributed by atoms with Crippen LogP contribution < -0.4 is 10.1 Å². The normalized spacial score (nSPS) is 16.0. The largest absolute Gasteiger partial charge is 0.465 e. The van der Waals surface area contributed by atoms with Gasteiger partial charge < -0.3 is 14.6 Å². The quantitative estimate of drug-likeness (QED) is 0.514. The second kappa shape index (κ2) is 10.2. The van der Waals surface area contributed by atoms with E-state index in [0.717, 1.165) is 39.9 Å². The number of ether oxygens (including phenoxy) is 1. The van der Waals surface area contributed by atoms with E-state index in [1.165, 1.54) is 41.5 Å². The van der Waals surface area contributed by atoms with Crippen LogP contribution in [-0.2, 0) is 34.2 Å². The van der Waals surface area contributed by atoms with Gasteiger partial charge in [-0.3, -0.25) is 9.59 Å². The molecule has 0 saturated carbocycles. The zero-order valence-corrected chi connectivity index (χ0v) is 21.1. The zero-order chi connectivity index (χ0) is 23.5. The van der Waals surface area contributed by atoms with Gasteiger partial charge in [-0.25, -0.2) is 4.79 Å². The van der Waals surface area contributed by atoms with Gasteiger partial charge in [0.1, 0.15) is 5.00 Å². The molecule has 2 amide bonds. The molecule has 2 aromatic heterocycles. The number of methoxy groups -OCH3 is 1. The number of thioether (sulfide) groups is 1. The van der Waals surface area contributed by atoms with E-state index in [4.69, 9.17) is 4.74 Å². The van der Waals surface area contributed by atoms with Crippen molar-refractivity contribution in [2.45, 2.75) is 26.2 Å². The number of esters is 1. The highest BCUT2D eigenvalue weighted by Crippen LogP contribution is 2.40. The van der Waals surface area contributed by atoms with Gasteiger partial charge in [0.25, 0.3) is 5.91 Å². The number of benzene rings is 1. The van der Waals surface area contributed by atoms with Crippen molar-refractivity contribution in [1.29, 1.82) is 0 Å². The van der Waals surface area contributed by atoms with Gasteiger partial charge in [0.2, 0.25) is 5.91 Å². The predicted octanol–water partition coefficient (Wildman–Crippen LogP) is 4.01. The number of aromatic nitrogens is 1. The Morgan fingerprint density at radius 2 is 2.03 bits per heavy atom. The Kier molecular flexibility index (Phi) is 7.35. The fraction of sp³-hybridized carbons (Fsp3) is 0.391. The Morgan fingerprint density at radius 1 is 1.24 bits per heavy atom. The average molecular weight is 504 g/mol. The highest BCUT2D eigenvalue weighted by Gasteiger charge is 2.28. The standard InChI is InChI=1S/C23H25N3O4S3/c1-13-8-9-14-17(10-13)32-21(20(14)22(29)30-3)24-18(27)11-31-12-19(28)25-23-26(2)15-6-4-5-7-16(15)33-23/h4-7,13H,8-12H2,1-3H3,(H,24,27). The van der Waals surface area contributed by atoms with Crippen LogP contribution in [0.4, 0.5) is 5.00 Å². The maximum Gasteiger partial charge on any atom is 0.341 e. The highest BCUT2D eigenvalue weighted by atomic mass is 32.2. The molecule has 4 rings (SSSR count). The third-order valence-electron chi connectivity index (χ3n) is 5.55. The molecule has 0 fully saturated rings. The topological polar surface area (TPSA) is 89.8 Å². The van der Waals surface area contributed by atoms with E-state index < -0.39 is 5.97 Å². The molecule has 1 aromatic carbocycles. The summed E-state index contributed by atoms with van der Waals surface area (Å²) in [6.07, 6.45) is 2.73. The maximum absolute atomic E-state index is 12.5. The number of thiazole rings is 1. The number of carbonyl (C=O) groups excluding carboxylic acids is 3. The monoisotopic (exact) mass is 503 g/mol. The molecule has 3 aromatic rings. The van der Waals surface area contributed by atoms with E-state index in [9.17, 15) is 14.4 Å².